The lowest BCUT2D eigenvalue weighted by atomic mass is 9.93. The molecule has 0 bridgehead atoms. The van der Waals surface area contributed by atoms with Gasteiger partial charge in [0.2, 0.25) is 0 Å². The molecular formula is C14H18FN. The van der Waals surface area contributed by atoms with E-state index in [9.17, 15) is 4.39 Å². The Morgan fingerprint density at radius 1 is 1.31 bits per heavy atom. The Hall–Kier alpha value is -0.890. The van der Waals surface area contributed by atoms with Crippen molar-refractivity contribution in [3.63, 3.8) is 0 Å². The zero-order chi connectivity index (χ0) is 11.0. The molecule has 0 amide bonds. The van der Waals surface area contributed by atoms with Crippen molar-refractivity contribution >= 4 is 0 Å². The molecule has 1 aromatic carbocycles. The first-order valence-electron chi connectivity index (χ1n) is 6.34. The molecule has 1 aromatic rings. The van der Waals surface area contributed by atoms with Crippen LogP contribution in [0.3, 0.4) is 0 Å². The minimum Gasteiger partial charge on any atom is -0.314 e. The van der Waals surface area contributed by atoms with Crippen LogP contribution in [0.5, 0.6) is 0 Å². The van der Waals surface area contributed by atoms with Crippen LogP contribution in [0.25, 0.3) is 0 Å². The SMILES string of the molecule is Fc1ccc2c(c1)C(CC1CCCN1)CC2. The van der Waals surface area contributed by atoms with Crippen molar-refractivity contribution in [1.82, 2.24) is 5.32 Å². The second kappa shape index (κ2) is 4.17. The molecule has 1 saturated heterocycles. The summed E-state index contributed by atoms with van der Waals surface area (Å²) in [4.78, 5) is 0. The molecule has 16 heavy (non-hydrogen) atoms. The molecule has 2 unspecified atom stereocenters. The normalized spacial score (nSPS) is 28.3. The van der Waals surface area contributed by atoms with E-state index in [1.165, 1.54) is 36.8 Å². The first-order chi connectivity index (χ1) is 7.83. The number of halogens is 1. The fraction of sp³-hybridized carbons (Fsp3) is 0.571. The number of aryl methyl sites for hydroxylation is 1. The predicted octanol–water partition coefficient (Wildman–Crippen LogP) is 3.00. The maximum atomic E-state index is 13.2. The van der Waals surface area contributed by atoms with Crippen molar-refractivity contribution in [1.29, 1.82) is 0 Å². The third-order valence-electron chi connectivity index (χ3n) is 4.04. The lowest BCUT2D eigenvalue weighted by Gasteiger charge is -2.17. The summed E-state index contributed by atoms with van der Waals surface area (Å²) >= 11 is 0. The summed E-state index contributed by atoms with van der Waals surface area (Å²) in [5.41, 5.74) is 2.64. The molecule has 0 aromatic heterocycles. The average Bonchev–Trinajstić information content (AvgIpc) is 2.90. The lowest BCUT2D eigenvalue weighted by Crippen LogP contribution is -2.23. The van der Waals surface area contributed by atoms with Gasteiger partial charge in [-0.25, -0.2) is 4.39 Å². The fourth-order valence-electron chi connectivity index (χ4n) is 3.20. The van der Waals surface area contributed by atoms with Gasteiger partial charge in [0.05, 0.1) is 0 Å². The second-order valence-electron chi connectivity index (χ2n) is 5.11. The number of hydrogen-bond acceptors (Lipinski definition) is 1. The van der Waals surface area contributed by atoms with E-state index in [1.54, 1.807) is 12.1 Å². The molecule has 1 N–H and O–H groups in total. The summed E-state index contributed by atoms with van der Waals surface area (Å²) < 4.78 is 13.2. The van der Waals surface area contributed by atoms with Crippen molar-refractivity contribution in [3.8, 4) is 0 Å². The van der Waals surface area contributed by atoms with Crippen LogP contribution in [0.1, 0.15) is 42.7 Å². The molecule has 1 heterocycles. The Morgan fingerprint density at radius 2 is 2.25 bits per heavy atom. The summed E-state index contributed by atoms with van der Waals surface area (Å²) in [5.74, 6) is 0.506. The van der Waals surface area contributed by atoms with Crippen LogP contribution in [0.15, 0.2) is 18.2 Å². The summed E-state index contributed by atoms with van der Waals surface area (Å²) in [5, 5.41) is 3.54. The van der Waals surface area contributed by atoms with Gasteiger partial charge in [-0.15, -0.1) is 0 Å². The van der Waals surface area contributed by atoms with Crippen molar-refractivity contribution in [3.05, 3.63) is 35.1 Å². The Balaban J connectivity index is 1.77. The van der Waals surface area contributed by atoms with E-state index in [0.717, 1.165) is 13.0 Å². The third-order valence-corrected chi connectivity index (χ3v) is 4.04. The number of fused-ring (bicyclic) bond motifs is 1. The molecule has 2 atom stereocenters. The maximum Gasteiger partial charge on any atom is 0.123 e. The van der Waals surface area contributed by atoms with Gasteiger partial charge >= 0.3 is 0 Å². The first kappa shape index (κ1) is 10.3. The molecule has 1 aliphatic carbocycles. The summed E-state index contributed by atoms with van der Waals surface area (Å²) in [6.07, 6.45) is 6.12. The van der Waals surface area contributed by atoms with E-state index in [0.29, 0.717) is 12.0 Å². The molecule has 0 saturated carbocycles. The standard InChI is InChI=1S/C14H18FN/c15-12-6-5-10-3-4-11(14(10)9-12)8-13-2-1-7-16-13/h5-6,9,11,13,16H,1-4,7-8H2. The Labute approximate surface area is 96.1 Å². The molecule has 1 aliphatic heterocycles. The highest BCUT2D eigenvalue weighted by atomic mass is 19.1. The molecule has 0 spiro atoms. The minimum absolute atomic E-state index is 0.0787. The van der Waals surface area contributed by atoms with Gasteiger partial charge in [-0.1, -0.05) is 6.07 Å². The summed E-state index contributed by atoms with van der Waals surface area (Å²) in [6, 6.07) is 5.98. The molecule has 2 heteroatoms. The van der Waals surface area contributed by atoms with E-state index in [1.807, 2.05) is 6.07 Å². The van der Waals surface area contributed by atoms with Crippen molar-refractivity contribution in [2.45, 2.75) is 44.1 Å². The maximum absolute atomic E-state index is 13.2. The van der Waals surface area contributed by atoms with Crippen LogP contribution in [0.2, 0.25) is 0 Å². The Morgan fingerprint density at radius 3 is 3.06 bits per heavy atom. The van der Waals surface area contributed by atoms with Crippen LogP contribution in [-0.4, -0.2) is 12.6 Å². The fourth-order valence-corrected chi connectivity index (χ4v) is 3.20. The predicted molar refractivity (Wildman–Crippen MR) is 63.1 cm³/mol. The van der Waals surface area contributed by atoms with Crippen LogP contribution in [-0.2, 0) is 6.42 Å². The number of hydrogen-bond donors (Lipinski definition) is 1. The highest BCUT2D eigenvalue weighted by Crippen LogP contribution is 2.37. The molecule has 2 aliphatic rings. The van der Waals surface area contributed by atoms with Gasteiger partial charge in [-0.2, -0.15) is 0 Å². The monoisotopic (exact) mass is 219 g/mol. The number of nitrogens with one attached hydrogen (secondary N) is 1. The Kier molecular flexibility index (Phi) is 2.68. The molecule has 0 radical (unpaired) electrons. The van der Waals surface area contributed by atoms with E-state index < -0.39 is 0 Å². The minimum atomic E-state index is -0.0787. The zero-order valence-electron chi connectivity index (χ0n) is 9.51. The van der Waals surface area contributed by atoms with Gasteiger partial charge in [0.1, 0.15) is 5.82 Å². The zero-order valence-corrected chi connectivity index (χ0v) is 9.51. The highest BCUT2D eigenvalue weighted by Gasteiger charge is 2.26. The second-order valence-corrected chi connectivity index (χ2v) is 5.11. The molecule has 3 rings (SSSR count). The van der Waals surface area contributed by atoms with Gasteiger partial charge in [0.25, 0.3) is 0 Å². The first-order valence-corrected chi connectivity index (χ1v) is 6.34. The molecule has 1 fully saturated rings. The quantitative estimate of drug-likeness (QED) is 0.806. The van der Waals surface area contributed by atoms with Crippen molar-refractivity contribution in [2.75, 3.05) is 6.54 Å². The largest absolute Gasteiger partial charge is 0.314 e. The van der Waals surface area contributed by atoms with Crippen molar-refractivity contribution < 1.29 is 4.39 Å². The third kappa shape index (κ3) is 1.86. The van der Waals surface area contributed by atoms with Gasteiger partial charge in [-0.05, 0) is 67.8 Å². The lowest BCUT2D eigenvalue weighted by molar-refractivity contribution is 0.487. The van der Waals surface area contributed by atoms with Crippen molar-refractivity contribution in [2.24, 2.45) is 0 Å². The van der Waals surface area contributed by atoms with Gasteiger partial charge in [0.15, 0.2) is 0 Å². The van der Waals surface area contributed by atoms with E-state index in [-0.39, 0.29) is 5.82 Å². The van der Waals surface area contributed by atoms with E-state index >= 15 is 0 Å². The smallest absolute Gasteiger partial charge is 0.123 e. The number of rotatable bonds is 2. The Bertz CT molecular complexity index is 382. The van der Waals surface area contributed by atoms with Crippen LogP contribution >= 0.6 is 0 Å². The summed E-state index contributed by atoms with van der Waals surface area (Å²) in [7, 11) is 0. The topological polar surface area (TPSA) is 12.0 Å². The highest BCUT2D eigenvalue weighted by molar-refractivity contribution is 5.35. The molecule has 86 valence electrons. The summed E-state index contributed by atoms with van der Waals surface area (Å²) in [6.45, 7) is 1.16. The van der Waals surface area contributed by atoms with Gasteiger partial charge in [-0.3, -0.25) is 0 Å². The van der Waals surface area contributed by atoms with Crippen LogP contribution in [0, 0.1) is 5.82 Å². The molecule has 1 nitrogen and oxygen atoms in total. The van der Waals surface area contributed by atoms with Gasteiger partial charge in [0, 0.05) is 6.04 Å². The number of benzene rings is 1. The van der Waals surface area contributed by atoms with E-state index in [2.05, 4.69) is 5.32 Å². The van der Waals surface area contributed by atoms with Crippen LogP contribution < -0.4 is 5.32 Å². The molecular weight excluding hydrogens is 201 g/mol. The van der Waals surface area contributed by atoms with Crippen LogP contribution in [0.4, 0.5) is 4.39 Å². The van der Waals surface area contributed by atoms with Gasteiger partial charge < -0.3 is 5.32 Å². The van der Waals surface area contributed by atoms with E-state index in [4.69, 9.17) is 0 Å². The average molecular weight is 219 g/mol.